The Morgan fingerprint density at radius 1 is 0.810 bits per heavy atom. The highest BCUT2D eigenvalue weighted by molar-refractivity contribution is 5.67. The van der Waals surface area contributed by atoms with Gasteiger partial charge in [-0.1, -0.05) is 30.3 Å². The minimum Gasteiger partial charge on any atom is -0.392 e. The van der Waals surface area contributed by atoms with Gasteiger partial charge in [0.15, 0.2) is 0 Å². The summed E-state index contributed by atoms with van der Waals surface area (Å²) < 4.78 is 13.0. The molecule has 0 aliphatic rings. The van der Waals surface area contributed by atoms with E-state index in [1.165, 1.54) is 12.1 Å². The molecule has 3 heteroatoms. The summed E-state index contributed by atoms with van der Waals surface area (Å²) in [6.07, 6.45) is 0. The van der Waals surface area contributed by atoms with E-state index in [9.17, 15) is 9.50 Å². The highest BCUT2D eigenvalue weighted by Gasteiger charge is 2.07. The van der Waals surface area contributed by atoms with Crippen molar-refractivity contribution in [1.82, 2.24) is 4.98 Å². The molecule has 21 heavy (non-hydrogen) atoms. The van der Waals surface area contributed by atoms with Crippen molar-refractivity contribution in [3.63, 3.8) is 0 Å². The van der Waals surface area contributed by atoms with E-state index in [0.717, 1.165) is 28.1 Å². The van der Waals surface area contributed by atoms with E-state index in [4.69, 9.17) is 0 Å². The van der Waals surface area contributed by atoms with E-state index in [-0.39, 0.29) is 12.4 Å². The third kappa shape index (κ3) is 2.98. The summed E-state index contributed by atoms with van der Waals surface area (Å²) in [6, 6.07) is 19.6. The Hall–Kier alpha value is -2.52. The van der Waals surface area contributed by atoms with Gasteiger partial charge in [-0.3, -0.25) is 0 Å². The van der Waals surface area contributed by atoms with Crippen molar-refractivity contribution in [3.05, 3.63) is 78.1 Å². The molecule has 0 saturated heterocycles. The topological polar surface area (TPSA) is 33.1 Å². The number of aromatic nitrogens is 1. The van der Waals surface area contributed by atoms with Gasteiger partial charge in [-0.25, -0.2) is 9.37 Å². The molecule has 0 spiro atoms. The van der Waals surface area contributed by atoms with Crippen LogP contribution in [-0.2, 0) is 6.61 Å². The van der Waals surface area contributed by atoms with E-state index < -0.39 is 0 Å². The first-order valence-electron chi connectivity index (χ1n) is 6.69. The normalized spacial score (nSPS) is 10.6. The maximum atomic E-state index is 13.0. The monoisotopic (exact) mass is 279 g/mol. The zero-order valence-electron chi connectivity index (χ0n) is 11.3. The Labute approximate surface area is 122 Å². The van der Waals surface area contributed by atoms with Gasteiger partial charge in [0.1, 0.15) is 5.82 Å². The first kappa shape index (κ1) is 13.5. The molecule has 3 aromatic rings. The van der Waals surface area contributed by atoms with Gasteiger partial charge in [0, 0.05) is 11.1 Å². The second kappa shape index (κ2) is 5.85. The summed E-state index contributed by atoms with van der Waals surface area (Å²) in [6.45, 7) is -0.0590. The highest BCUT2D eigenvalue weighted by atomic mass is 19.1. The number of nitrogens with zero attached hydrogens (tertiary/aromatic N) is 1. The zero-order chi connectivity index (χ0) is 14.7. The standard InChI is InChI=1S/C18H14FNO/c19-16-8-6-15(7-9-16)18-11-13(12-21)10-17(20-18)14-4-2-1-3-5-14/h1-11,21H,12H2. The van der Waals surface area contributed by atoms with Crippen molar-refractivity contribution in [2.24, 2.45) is 0 Å². The van der Waals surface area contributed by atoms with Gasteiger partial charge in [-0.2, -0.15) is 0 Å². The molecule has 0 unspecified atom stereocenters. The molecular formula is C18H14FNO. The van der Waals surface area contributed by atoms with Crippen LogP contribution >= 0.6 is 0 Å². The van der Waals surface area contributed by atoms with Gasteiger partial charge in [0.05, 0.1) is 18.0 Å². The molecule has 104 valence electrons. The molecule has 1 heterocycles. The van der Waals surface area contributed by atoms with E-state index >= 15 is 0 Å². The van der Waals surface area contributed by atoms with Crippen molar-refractivity contribution < 1.29 is 9.50 Å². The van der Waals surface area contributed by atoms with Crippen molar-refractivity contribution in [2.45, 2.75) is 6.61 Å². The van der Waals surface area contributed by atoms with Crippen LogP contribution in [0.4, 0.5) is 4.39 Å². The van der Waals surface area contributed by atoms with Crippen LogP contribution in [0.5, 0.6) is 0 Å². The van der Waals surface area contributed by atoms with Gasteiger partial charge in [0.2, 0.25) is 0 Å². The Bertz CT molecular complexity index is 739. The van der Waals surface area contributed by atoms with Crippen molar-refractivity contribution in [3.8, 4) is 22.5 Å². The summed E-state index contributed by atoms with van der Waals surface area (Å²) in [5.41, 5.74) is 4.10. The lowest BCUT2D eigenvalue weighted by atomic mass is 10.0. The maximum Gasteiger partial charge on any atom is 0.123 e. The number of pyridine rings is 1. The molecule has 0 saturated carbocycles. The molecule has 1 aromatic heterocycles. The molecule has 0 bridgehead atoms. The molecule has 0 aliphatic carbocycles. The third-order valence-corrected chi connectivity index (χ3v) is 3.28. The number of rotatable bonds is 3. The average Bonchev–Trinajstić information content (AvgIpc) is 2.56. The molecule has 0 fully saturated rings. The lowest BCUT2D eigenvalue weighted by Crippen LogP contribution is -1.93. The zero-order valence-corrected chi connectivity index (χ0v) is 11.3. The smallest absolute Gasteiger partial charge is 0.123 e. The Morgan fingerprint density at radius 3 is 1.95 bits per heavy atom. The molecule has 2 nitrogen and oxygen atoms in total. The molecule has 2 aromatic carbocycles. The van der Waals surface area contributed by atoms with Crippen LogP contribution in [0.3, 0.4) is 0 Å². The van der Waals surface area contributed by atoms with Crippen LogP contribution in [0.15, 0.2) is 66.7 Å². The van der Waals surface area contributed by atoms with E-state index in [2.05, 4.69) is 4.98 Å². The molecule has 3 rings (SSSR count). The quantitative estimate of drug-likeness (QED) is 0.784. The van der Waals surface area contributed by atoms with Crippen LogP contribution in [0.25, 0.3) is 22.5 Å². The van der Waals surface area contributed by atoms with Gasteiger partial charge >= 0.3 is 0 Å². The first-order valence-corrected chi connectivity index (χ1v) is 6.69. The van der Waals surface area contributed by atoms with Crippen molar-refractivity contribution >= 4 is 0 Å². The van der Waals surface area contributed by atoms with Gasteiger partial charge in [0.25, 0.3) is 0 Å². The Morgan fingerprint density at radius 2 is 1.38 bits per heavy atom. The summed E-state index contributed by atoms with van der Waals surface area (Å²) >= 11 is 0. The summed E-state index contributed by atoms with van der Waals surface area (Å²) in [5, 5.41) is 9.44. The van der Waals surface area contributed by atoms with Gasteiger partial charge in [-0.05, 0) is 42.0 Å². The lowest BCUT2D eigenvalue weighted by Gasteiger charge is -2.08. The van der Waals surface area contributed by atoms with Crippen LogP contribution in [0.2, 0.25) is 0 Å². The summed E-state index contributed by atoms with van der Waals surface area (Å²) in [4.78, 5) is 4.62. The van der Waals surface area contributed by atoms with Crippen LogP contribution in [-0.4, -0.2) is 10.1 Å². The van der Waals surface area contributed by atoms with Gasteiger partial charge in [-0.15, -0.1) is 0 Å². The van der Waals surface area contributed by atoms with E-state index in [0.29, 0.717) is 0 Å². The summed E-state index contributed by atoms with van der Waals surface area (Å²) in [7, 11) is 0. The SMILES string of the molecule is OCc1cc(-c2ccccc2)nc(-c2ccc(F)cc2)c1. The lowest BCUT2D eigenvalue weighted by molar-refractivity contribution is 0.282. The number of hydrogen-bond donors (Lipinski definition) is 1. The number of halogens is 1. The van der Waals surface area contributed by atoms with E-state index in [1.54, 1.807) is 12.1 Å². The molecular weight excluding hydrogens is 265 g/mol. The fourth-order valence-corrected chi connectivity index (χ4v) is 2.20. The molecule has 0 amide bonds. The number of hydrogen-bond acceptors (Lipinski definition) is 2. The Balaban J connectivity index is 2.11. The largest absolute Gasteiger partial charge is 0.392 e. The fourth-order valence-electron chi connectivity index (χ4n) is 2.20. The number of aliphatic hydroxyl groups excluding tert-OH is 1. The first-order chi connectivity index (χ1) is 10.3. The number of benzene rings is 2. The minimum atomic E-state index is -0.277. The molecule has 0 aliphatic heterocycles. The second-order valence-corrected chi connectivity index (χ2v) is 4.78. The van der Waals surface area contributed by atoms with Crippen molar-refractivity contribution in [1.29, 1.82) is 0 Å². The molecule has 0 radical (unpaired) electrons. The minimum absolute atomic E-state index is 0.0590. The van der Waals surface area contributed by atoms with Crippen LogP contribution < -0.4 is 0 Å². The molecule has 0 atom stereocenters. The van der Waals surface area contributed by atoms with Crippen LogP contribution in [0.1, 0.15) is 5.56 Å². The Kier molecular flexibility index (Phi) is 3.75. The van der Waals surface area contributed by atoms with Crippen molar-refractivity contribution in [2.75, 3.05) is 0 Å². The number of aliphatic hydroxyl groups is 1. The highest BCUT2D eigenvalue weighted by Crippen LogP contribution is 2.25. The van der Waals surface area contributed by atoms with E-state index in [1.807, 2.05) is 42.5 Å². The third-order valence-electron chi connectivity index (χ3n) is 3.28. The maximum absolute atomic E-state index is 13.0. The fraction of sp³-hybridized carbons (Fsp3) is 0.0556. The molecule has 1 N–H and O–H groups in total. The van der Waals surface area contributed by atoms with Crippen LogP contribution in [0, 0.1) is 5.82 Å². The summed E-state index contributed by atoms with van der Waals surface area (Å²) in [5.74, 6) is -0.277. The predicted octanol–water partition coefficient (Wildman–Crippen LogP) is 4.05. The second-order valence-electron chi connectivity index (χ2n) is 4.78. The van der Waals surface area contributed by atoms with Gasteiger partial charge < -0.3 is 5.11 Å². The predicted molar refractivity (Wildman–Crippen MR) is 81.0 cm³/mol. The average molecular weight is 279 g/mol.